The standard InChI is InChI=1S/C14H24N.C7H8O3S/c1-3-4-5-6-7-8-11-15-12-9-14(2)10-13-15;1-6-2-4-7(5-3-6)11(8,9)10/h9-10,12-13H,3-8,11H2,1-2H3;2-5H,1H3,(H,8,9,10)/q+1;. The molecule has 2 aromatic rings. The molecule has 0 atom stereocenters. The summed E-state index contributed by atoms with van der Waals surface area (Å²) in [5, 5.41) is 0. The Morgan fingerprint density at radius 1 is 0.808 bits per heavy atom. The van der Waals surface area contributed by atoms with Crippen molar-refractivity contribution in [1.82, 2.24) is 0 Å². The van der Waals surface area contributed by atoms with Gasteiger partial charge in [0.15, 0.2) is 12.4 Å². The molecule has 0 aliphatic rings. The Kier molecular flexibility index (Phi) is 10.1. The zero-order chi connectivity index (χ0) is 19.4. The fourth-order valence-electron chi connectivity index (χ4n) is 2.47. The molecule has 0 saturated heterocycles. The van der Waals surface area contributed by atoms with Crippen LogP contribution in [0.25, 0.3) is 0 Å². The highest BCUT2D eigenvalue weighted by Gasteiger charge is 2.06. The second kappa shape index (κ2) is 11.8. The third-order valence-corrected chi connectivity index (χ3v) is 5.01. The Bertz CT molecular complexity index is 723. The molecule has 26 heavy (non-hydrogen) atoms. The second-order valence-electron chi connectivity index (χ2n) is 6.67. The zero-order valence-corrected chi connectivity index (χ0v) is 17.0. The number of aryl methyl sites for hydroxylation is 3. The van der Waals surface area contributed by atoms with E-state index in [9.17, 15) is 8.42 Å². The van der Waals surface area contributed by atoms with Crippen LogP contribution >= 0.6 is 0 Å². The lowest BCUT2D eigenvalue weighted by atomic mass is 10.1. The van der Waals surface area contributed by atoms with Gasteiger partial charge in [0.25, 0.3) is 10.1 Å². The summed E-state index contributed by atoms with van der Waals surface area (Å²) >= 11 is 0. The molecule has 1 aromatic carbocycles. The summed E-state index contributed by atoms with van der Waals surface area (Å²) in [6.45, 7) is 7.41. The first-order valence-corrected chi connectivity index (χ1v) is 10.8. The van der Waals surface area contributed by atoms with Gasteiger partial charge < -0.3 is 0 Å². The first-order chi connectivity index (χ1) is 12.3. The number of hydrogen-bond donors (Lipinski definition) is 1. The van der Waals surface area contributed by atoms with E-state index in [2.05, 4.69) is 42.9 Å². The van der Waals surface area contributed by atoms with Crippen LogP contribution in [0, 0.1) is 13.8 Å². The minimum absolute atomic E-state index is 0.0666. The number of nitrogens with zero attached hydrogens (tertiary/aromatic N) is 1. The van der Waals surface area contributed by atoms with E-state index in [1.807, 2.05) is 6.92 Å². The molecule has 0 unspecified atom stereocenters. The molecule has 4 nitrogen and oxygen atoms in total. The minimum Gasteiger partial charge on any atom is -0.282 e. The molecule has 144 valence electrons. The van der Waals surface area contributed by atoms with Crippen molar-refractivity contribution in [2.45, 2.75) is 70.7 Å². The molecule has 5 heteroatoms. The van der Waals surface area contributed by atoms with Gasteiger partial charge in [-0.3, -0.25) is 4.55 Å². The van der Waals surface area contributed by atoms with Crippen molar-refractivity contribution in [1.29, 1.82) is 0 Å². The first-order valence-electron chi connectivity index (χ1n) is 9.33. The van der Waals surface area contributed by atoms with Gasteiger partial charge in [0.1, 0.15) is 6.54 Å². The van der Waals surface area contributed by atoms with Crippen LogP contribution in [0.5, 0.6) is 0 Å². The molecule has 1 aromatic heterocycles. The van der Waals surface area contributed by atoms with Crippen LogP contribution in [0.3, 0.4) is 0 Å². The van der Waals surface area contributed by atoms with E-state index in [1.54, 1.807) is 12.1 Å². The van der Waals surface area contributed by atoms with Crippen LogP contribution in [-0.2, 0) is 16.7 Å². The summed E-state index contributed by atoms with van der Waals surface area (Å²) in [4.78, 5) is -0.0666. The number of pyridine rings is 1. The van der Waals surface area contributed by atoms with Crippen LogP contribution in [0.2, 0.25) is 0 Å². The lowest BCUT2D eigenvalue weighted by Crippen LogP contribution is -2.32. The van der Waals surface area contributed by atoms with Gasteiger partial charge >= 0.3 is 0 Å². The van der Waals surface area contributed by atoms with Gasteiger partial charge in [0.05, 0.1) is 4.90 Å². The van der Waals surface area contributed by atoms with Gasteiger partial charge in [0, 0.05) is 18.6 Å². The molecular formula is C21H32NO3S+. The normalized spacial score (nSPS) is 10.9. The SMILES string of the molecule is CCCCCCCC[n+]1ccc(C)cc1.Cc1ccc(S(=O)(=O)O)cc1. The molecule has 0 aliphatic carbocycles. The highest BCUT2D eigenvalue weighted by molar-refractivity contribution is 7.85. The van der Waals surface area contributed by atoms with Gasteiger partial charge in [-0.1, -0.05) is 50.3 Å². The highest BCUT2D eigenvalue weighted by Crippen LogP contribution is 2.08. The summed E-state index contributed by atoms with van der Waals surface area (Å²) < 4.78 is 31.8. The van der Waals surface area contributed by atoms with Gasteiger partial charge in [-0.25, -0.2) is 4.57 Å². The average Bonchev–Trinajstić information content (AvgIpc) is 2.60. The van der Waals surface area contributed by atoms with Crippen LogP contribution in [0.1, 0.15) is 56.6 Å². The number of rotatable bonds is 8. The van der Waals surface area contributed by atoms with Crippen molar-refractivity contribution >= 4 is 10.1 Å². The fourth-order valence-corrected chi connectivity index (χ4v) is 2.95. The van der Waals surface area contributed by atoms with Crippen LogP contribution in [-0.4, -0.2) is 13.0 Å². The Morgan fingerprint density at radius 3 is 1.85 bits per heavy atom. The monoisotopic (exact) mass is 378 g/mol. The van der Waals surface area contributed by atoms with Crippen molar-refractivity contribution in [2.24, 2.45) is 0 Å². The summed E-state index contributed by atoms with van der Waals surface area (Å²) in [6.07, 6.45) is 12.6. The molecule has 0 fully saturated rings. The topological polar surface area (TPSA) is 58.2 Å². The van der Waals surface area contributed by atoms with E-state index in [0.717, 1.165) is 5.56 Å². The Hall–Kier alpha value is -1.72. The largest absolute Gasteiger partial charge is 0.294 e. The summed E-state index contributed by atoms with van der Waals surface area (Å²) in [5.74, 6) is 0. The van der Waals surface area contributed by atoms with Crippen molar-refractivity contribution in [3.05, 3.63) is 59.9 Å². The number of aromatic nitrogens is 1. The van der Waals surface area contributed by atoms with Crippen molar-refractivity contribution < 1.29 is 17.5 Å². The van der Waals surface area contributed by atoms with Gasteiger partial charge in [0.2, 0.25) is 0 Å². The Morgan fingerprint density at radius 2 is 1.31 bits per heavy atom. The van der Waals surface area contributed by atoms with E-state index >= 15 is 0 Å². The van der Waals surface area contributed by atoms with Crippen LogP contribution in [0.4, 0.5) is 0 Å². The smallest absolute Gasteiger partial charge is 0.282 e. The molecule has 1 heterocycles. The lowest BCUT2D eigenvalue weighted by molar-refractivity contribution is -0.697. The molecule has 0 saturated carbocycles. The lowest BCUT2D eigenvalue weighted by Gasteiger charge is -1.99. The van der Waals surface area contributed by atoms with E-state index in [0.29, 0.717) is 0 Å². The summed E-state index contributed by atoms with van der Waals surface area (Å²) in [5.41, 5.74) is 2.30. The molecule has 0 spiro atoms. The van der Waals surface area contributed by atoms with Crippen molar-refractivity contribution in [3.63, 3.8) is 0 Å². The van der Waals surface area contributed by atoms with Gasteiger partial charge in [-0.2, -0.15) is 8.42 Å². The van der Waals surface area contributed by atoms with E-state index in [1.165, 1.54) is 62.8 Å². The Balaban J connectivity index is 0.000000273. The van der Waals surface area contributed by atoms with Gasteiger partial charge in [-0.05, 0) is 38.0 Å². The van der Waals surface area contributed by atoms with E-state index < -0.39 is 10.1 Å². The third kappa shape index (κ3) is 9.68. The predicted molar refractivity (Wildman–Crippen MR) is 106 cm³/mol. The Labute approximate surface area is 158 Å². The van der Waals surface area contributed by atoms with Gasteiger partial charge in [-0.15, -0.1) is 0 Å². The van der Waals surface area contributed by atoms with Crippen LogP contribution in [0.15, 0.2) is 53.7 Å². The number of hydrogen-bond acceptors (Lipinski definition) is 2. The summed E-state index contributed by atoms with van der Waals surface area (Å²) in [7, 11) is -4.02. The van der Waals surface area contributed by atoms with E-state index in [-0.39, 0.29) is 4.90 Å². The number of unbranched alkanes of at least 4 members (excludes halogenated alkanes) is 5. The maximum atomic E-state index is 10.5. The molecule has 0 aliphatic heterocycles. The minimum atomic E-state index is -4.02. The zero-order valence-electron chi connectivity index (χ0n) is 16.2. The van der Waals surface area contributed by atoms with Crippen molar-refractivity contribution in [3.8, 4) is 0 Å². The molecule has 1 N–H and O–H groups in total. The summed E-state index contributed by atoms with van der Waals surface area (Å²) in [6, 6.07) is 10.3. The maximum Gasteiger partial charge on any atom is 0.294 e. The molecule has 0 bridgehead atoms. The maximum absolute atomic E-state index is 10.5. The molecule has 0 amide bonds. The van der Waals surface area contributed by atoms with E-state index in [4.69, 9.17) is 4.55 Å². The predicted octanol–water partition coefficient (Wildman–Crippen LogP) is 4.88. The molecular weight excluding hydrogens is 346 g/mol. The second-order valence-corrected chi connectivity index (χ2v) is 8.09. The van der Waals surface area contributed by atoms with Crippen LogP contribution < -0.4 is 4.57 Å². The third-order valence-electron chi connectivity index (χ3n) is 4.15. The quantitative estimate of drug-likeness (QED) is 0.404. The average molecular weight is 379 g/mol. The highest BCUT2D eigenvalue weighted by atomic mass is 32.2. The fraction of sp³-hybridized carbons (Fsp3) is 0.476. The molecule has 2 rings (SSSR count). The first kappa shape index (κ1) is 22.3. The number of benzene rings is 1. The van der Waals surface area contributed by atoms with Crippen molar-refractivity contribution in [2.75, 3.05) is 0 Å². The molecule has 0 radical (unpaired) electrons.